The number of rotatable bonds is 2. The largest absolute Gasteiger partial charge is 0.545 e. The van der Waals surface area contributed by atoms with Crippen molar-refractivity contribution in [3.8, 4) is 11.1 Å². The molecule has 0 aromatic heterocycles. The molecule has 0 aliphatic heterocycles. The molecule has 0 spiro atoms. The normalized spacial score (nSPS) is 24.6. The summed E-state index contributed by atoms with van der Waals surface area (Å²) in [5, 5.41) is 23.6. The molecule has 4 heteroatoms. The van der Waals surface area contributed by atoms with Gasteiger partial charge in [0.2, 0.25) is 0 Å². The Morgan fingerprint density at radius 1 is 0.714 bits per heavy atom. The van der Waals surface area contributed by atoms with E-state index in [0.717, 1.165) is 44.5 Å². The highest BCUT2D eigenvalue weighted by Crippen LogP contribution is 2.58. The molecule has 0 radical (unpaired) electrons. The fourth-order valence-electron chi connectivity index (χ4n) is 5.64. The van der Waals surface area contributed by atoms with Crippen molar-refractivity contribution in [2.24, 2.45) is 0 Å². The molecule has 0 amide bonds. The summed E-state index contributed by atoms with van der Waals surface area (Å²) in [6, 6.07) is 3.50. The number of aromatic carboxylic acids is 2. The van der Waals surface area contributed by atoms with Crippen molar-refractivity contribution in [3.63, 3.8) is 0 Å². The van der Waals surface area contributed by atoms with Crippen LogP contribution in [0, 0.1) is 13.8 Å². The Hall–Kier alpha value is -2.62. The second-order valence-corrected chi connectivity index (χ2v) is 8.59. The second kappa shape index (κ2) is 5.94. The van der Waals surface area contributed by atoms with E-state index in [4.69, 9.17) is 0 Å². The Labute approximate surface area is 165 Å². The van der Waals surface area contributed by atoms with Crippen LogP contribution in [-0.2, 0) is 0 Å². The van der Waals surface area contributed by atoms with Crippen LogP contribution in [0.4, 0.5) is 0 Å². The van der Waals surface area contributed by atoms with Crippen LogP contribution in [0.5, 0.6) is 0 Å². The first-order chi connectivity index (χ1) is 13.1. The van der Waals surface area contributed by atoms with Crippen LogP contribution in [0.2, 0.25) is 0 Å². The van der Waals surface area contributed by atoms with Gasteiger partial charge >= 0.3 is 0 Å². The van der Waals surface area contributed by atoms with Crippen molar-refractivity contribution in [3.05, 3.63) is 56.6 Å². The molecule has 4 atom stereocenters. The summed E-state index contributed by atoms with van der Waals surface area (Å²) < 4.78 is 0. The summed E-state index contributed by atoms with van der Waals surface area (Å²) in [5.74, 6) is -1.99. The molecule has 4 nitrogen and oxygen atoms in total. The van der Waals surface area contributed by atoms with Crippen molar-refractivity contribution < 1.29 is 19.8 Å². The first kappa shape index (κ1) is 18.7. The molecule has 28 heavy (non-hydrogen) atoms. The van der Waals surface area contributed by atoms with Crippen LogP contribution in [-0.4, -0.2) is 11.9 Å². The van der Waals surface area contributed by atoms with Crippen molar-refractivity contribution >= 4 is 11.9 Å². The van der Waals surface area contributed by atoms with E-state index >= 15 is 0 Å². The van der Waals surface area contributed by atoms with Crippen molar-refractivity contribution in [1.29, 1.82) is 0 Å². The standard InChI is InChI=1S/C24H26O4/c1-9-11(3)18-13(5)20(24(27)28)14(6)19-12(4)10(2)17-8-15(23(25)26)7-16(9)21(17)22(18)19/h7-12H,1-6H3,(H,25,26)(H,27,28)/p-2. The number of carboxylic acids is 2. The third-order valence-electron chi connectivity index (χ3n) is 7.38. The number of benzene rings is 2. The molecule has 2 aliphatic carbocycles. The van der Waals surface area contributed by atoms with Crippen LogP contribution in [0.1, 0.15) is 105 Å². The predicted octanol–water partition coefficient (Wildman–Crippen LogP) is 3.14. The maximum Gasteiger partial charge on any atom is 0.0720 e. The Morgan fingerprint density at radius 3 is 1.50 bits per heavy atom. The molecule has 0 fully saturated rings. The Bertz CT molecular complexity index is 999. The summed E-state index contributed by atoms with van der Waals surface area (Å²) >= 11 is 0. The van der Waals surface area contributed by atoms with Gasteiger partial charge in [-0.25, -0.2) is 0 Å². The molecule has 4 unspecified atom stereocenters. The van der Waals surface area contributed by atoms with Gasteiger partial charge in [0.1, 0.15) is 0 Å². The van der Waals surface area contributed by atoms with Crippen molar-refractivity contribution in [2.45, 2.75) is 65.2 Å². The fraction of sp³-hybridized carbons (Fsp3) is 0.417. The molecule has 0 N–H and O–H groups in total. The molecular weight excluding hydrogens is 352 g/mol. The number of carbonyl (C=O) groups excluding carboxylic acids is 2. The van der Waals surface area contributed by atoms with Gasteiger partial charge in [0.05, 0.1) is 11.9 Å². The third kappa shape index (κ3) is 2.17. The Balaban J connectivity index is 2.23. The predicted molar refractivity (Wildman–Crippen MR) is 104 cm³/mol. The highest BCUT2D eigenvalue weighted by Gasteiger charge is 2.40. The van der Waals surface area contributed by atoms with Gasteiger partial charge in [-0.2, -0.15) is 0 Å². The van der Waals surface area contributed by atoms with Crippen LogP contribution < -0.4 is 10.2 Å². The quantitative estimate of drug-likeness (QED) is 0.806. The zero-order chi connectivity index (χ0) is 20.7. The molecule has 0 saturated heterocycles. The lowest BCUT2D eigenvalue weighted by Gasteiger charge is -2.43. The van der Waals surface area contributed by atoms with Crippen LogP contribution in [0.15, 0.2) is 12.1 Å². The summed E-state index contributed by atoms with van der Waals surface area (Å²) in [6.07, 6.45) is 0. The molecule has 146 valence electrons. The summed E-state index contributed by atoms with van der Waals surface area (Å²) in [6.45, 7) is 12.1. The Morgan fingerprint density at radius 2 is 1.14 bits per heavy atom. The lowest BCUT2D eigenvalue weighted by Crippen LogP contribution is -2.31. The lowest BCUT2D eigenvalue weighted by atomic mass is 9.61. The van der Waals surface area contributed by atoms with E-state index in [2.05, 4.69) is 27.7 Å². The number of hydrogen-bond donors (Lipinski definition) is 0. The highest BCUT2D eigenvalue weighted by atomic mass is 16.4. The Kier molecular flexibility index (Phi) is 3.97. The molecule has 4 rings (SSSR count). The van der Waals surface area contributed by atoms with E-state index in [0.29, 0.717) is 5.56 Å². The number of carboxylic acid groups (broad SMARTS) is 2. The molecule has 2 aromatic carbocycles. The van der Waals surface area contributed by atoms with Gasteiger partial charge in [-0.05, 0) is 99.7 Å². The maximum absolute atomic E-state index is 12.0. The van der Waals surface area contributed by atoms with Gasteiger partial charge in [0.15, 0.2) is 0 Å². The van der Waals surface area contributed by atoms with E-state index in [1.165, 1.54) is 0 Å². The van der Waals surface area contributed by atoms with Crippen LogP contribution >= 0.6 is 0 Å². The first-order valence-corrected chi connectivity index (χ1v) is 9.85. The minimum absolute atomic E-state index is 0.0741. The average Bonchev–Trinajstić information content (AvgIpc) is 2.62. The zero-order valence-electron chi connectivity index (χ0n) is 17.1. The number of hydrogen-bond acceptors (Lipinski definition) is 4. The summed E-state index contributed by atoms with van der Waals surface area (Å²) in [4.78, 5) is 23.6. The highest BCUT2D eigenvalue weighted by molar-refractivity contribution is 5.97. The van der Waals surface area contributed by atoms with Gasteiger partial charge in [-0.3, -0.25) is 0 Å². The SMILES string of the molecule is Cc1c(C(=O)[O-])c(C)c2c3c1C(C)C(C)c1cc(C(=O)[O-])cc(c1-3)C(C)C2C. The van der Waals surface area contributed by atoms with Gasteiger partial charge in [-0.1, -0.05) is 27.7 Å². The second-order valence-electron chi connectivity index (χ2n) is 8.59. The molecule has 2 aliphatic rings. The van der Waals surface area contributed by atoms with E-state index in [1.807, 2.05) is 13.8 Å². The first-order valence-electron chi connectivity index (χ1n) is 9.85. The van der Waals surface area contributed by atoms with Crippen molar-refractivity contribution in [1.82, 2.24) is 0 Å². The molecular formula is C24H24O4-2. The zero-order valence-corrected chi connectivity index (χ0v) is 17.1. The topological polar surface area (TPSA) is 80.3 Å². The minimum Gasteiger partial charge on any atom is -0.545 e. The van der Waals surface area contributed by atoms with Crippen LogP contribution in [0.3, 0.4) is 0 Å². The van der Waals surface area contributed by atoms with E-state index in [1.54, 1.807) is 12.1 Å². The van der Waals surface area contributed by atoms with Crippen LogP contribution in [0.25, 0.3) is 11.1 Å². The minimum atomic E-state index is -1.16. The summed E-state index contributed by atoms with van der Waals surface area (Å²) in [5.41, 5.74) is 8.49. The lowest BCUT2D eigenvalue weighted by molar-refractivity contribution is -0.256. The monoisotopic (exact) mass is 376 g/mol. The van der Waals surface area contributed by atoms with Crippen molar-refractivity contribution in [2.75, 3.05) is 0 Å². The third-order valence-corrected chi connectivity index (χ3v) is 7.38. The molecule has 0 heterocycles. The van der Waals surface area contributed by atoms with Gasteiger partial charge in [0.25, 0.3) is 0 Å². The van der Waals surface area contributed by atoms with E-state index in [9.17, 15) is 19.8 Å². The van der Waals surface area contributed by atoms with Gasteiger partial charge in [-0.15, -0.1) is 0 Å². The fourth-order valence-corrected chi connectivity index (χ4v) is 5.64. The molecule has 0 saturated carbocycles. The number of carbonyl (C=O) groups is 2. The van der Waals surface area contributed by atoms with E-state index in [-0.39, 0.29) is 29.2 Å². The molecule has 0 bridgehead atoms. The smallest absolute Gasteiger partial charge is 0.0720 e. The summed E-state index contributed by atoms with van der Waals surface area (Å²) in [7, 11) is 0. The maximum atomic E-state index is 12.0. The van der Waals surface area contributed by atoms with Gasteiger partial charge in [0, 0.05) is 5.56 Å². The van der Waals surface area contributed by atoms with Gasteiger partial charge < -0.3 is 19.8 Å². The molecule has 2 aromatic rings. The average molecular weight is 376 g/mol. The van der Waals surface area contributed by atoms with E-state index < -0.39 is 11.9 Å².